The molecule has 2 rings (SSSR count). The molecule has 0 fully saturated rings. The molecule has 1 heterocycles. The van der Waals surface area contributed by atoms with Crippen molar-refractivity contribution in [2.24, 2.45) is 5.73 Å². The van der Waals surface area contributed by atoms with Crippen molar-refractivity contribution in [3.05, 3.63) is 28.0 Å². The molecule has 0 aliphatic carbocycles. The molecule has 1 aromatic carbocycles. The average Bonchev–Trinajstić information content (AvgIpc) is 2.65. The number of aromatic nitrogens is 2. The predicted octanol–water partition coefficient (Wildman–Crippen LogP) is 3.52. The molecule has 4 nitrogen and oxygen atoms in total. The highest BCUT2D eigenvalue weighted by Gasteiger charge is 2.16. The largest absolute Gasteiger partial charge is 0.370 e. The minimum atomic E-state index is -0.380. The summed E-state index contributed by atoms with van der Waals surface area (Å²) in [5.41, 5.74) is 6.67. The van der Waals surface area contributed by atoms with Gasteiger partial charge in [0.2, 0.25) is 5.91 Å². The van der Waals surface area contributed by atoms with Crippen molar-refractivity contribution in [1.29, 1.82) is 0 Å². The van der Waals surface area contributed by atoms with Crippen molar-refractivity contribution in [2.75, 3.05) is 0 Å². The number of nitrogens with two attached hydrogens (primary N) is 1. The third-order valence-corrected chi connectivity index (χ3v) is 3.67. The summed E-state index contributed by atoms with van der Waals surface area (Å²) in [6, 6.07) is 3.40. The SMILES string of the molecule is CC(Cl)c1nc2cc(Cl)c(Cl)cc2n1CCC(N)=O. The highest BCUT2D eigenvalue weighted by molar-refractivity contribution is 6.42. The third kappa shape index (κ3) is 2.96. The number of aryl methyl sites for hydroxylation is 1. The maximum absolute atomic E-state index is 10.9. The van der Waals surface area contributed by atoms with Gasteiger partial charge in [-0.15, -0.1) is 11.6 Å². The Morgan fingerprint density at radius 1 is 1.42 bits per heavy atom. The smallest absolute Gasteiger partial charge is 0.219 e. The van der Waals surface area contributed by atoms with Gasteiger partial charge in [-0.05, 0) is 19.1 Å². The first-order valence-electron chi connectivity index (χ1n) is 5.67. The lowest BCUT2D eigenvalue weighted by molar-refractivity contribution is -0.118. The van der Waals surface area contributed by atoms with E-state index >= 15 is 0 Å². The van der Waals surface area contributed by atoms with Crippen molar-refractivity contribution in [1.82, 2.24) is 9.55 Å². The lowest BCUT2D eigenvalue weighted by Crippen LogP contribution is -2.15. The van der Waals surface area contributed by atoms with E-state index in [0.717, 1.165) is 5.52 Å². The summed E-state index contributed by atoms with van der Waals surface area (Å²) in [5, 5.41) is 0.573. The Bertz CT molecular complexity index is 637. The number of hydrogen-bond acceptors (Lipinski definition) is 2. The van der Waals surface area contributed by atoms with Crippen molar-refractivity contribution in [3.8, 4) is 0 Å². The first kappa shape index (κ1) is 14.4. The molecule has 0 radical (unpaired) electrons. The standard InChI is InChI=1S/C12H12Cl3N3O/c1-6(13)12-17-9-4-7(14)8(15)5-10(9)18(12)3-2-11(16)19/h4-6H,2-3H2,1H3,(H2,16,19). The van der Waals surface area contributed by atoms with Crippen LogP contribution in [0.2, 0.25) is 10.0 Å². The van der Waals surface area contributed by atoms with E-state index in [2.05, 4.69) is 4.98 Å². The molecular weight excluding hydrogens is 309 g/mol. The fourth-order valence-electron chi connectivity index (χ4n) is 1.90. The van der Waals surface area contributed by atoms with Crippen LogP contribution in [0, 0.1) is 0 Å². The highest BCUT2D eigenvalue weighted by atomic mass is 35.5. The van der Waals surface area contributed by atoms with Gasteiger partial charge >= 0.3 is 0 Å². The Morgan fingerprint density at radius 3 is 2.63 bits per heavy atom. The van der Waals surface area contributed by atoms with Crippen LogP contribution in [-0.4, -0.2) is 15.5 Å². The summed E-state index contributed by atoms with van der Waals surface area (Å²) in [6.45, 7) is 2.23. The highest BCUT2D eigenvalue weighted by Crippen LogP contribution is 2.31. The topological polar surface area (TPSA) is 60.9 Å². The maximum atomic E-state index is 10.9. The maximum Gasteiger partial charge on any atom is 0.219 e. The Morgan fingerprint density at radius 2 is 2.05 bits per heavy atom. The van der Waals surface area contributed by atoms with Gasteiger partial charge in [-0.25, -0.2) is 4.98 Å². The molecule has 1 aromatic heterocycles. The molecular formula is C12H12Cl3N3O. The van der Waals surface area contributed by atoms with Crippen LogP contribution in [0.4, 0.5) is 0 Å². The number of imidazole rings is 1. The minimum Gasteiger partial charge on any atom is -0.370 e. The second-order valence-corrected chi connectivity index (χ2v) is 5.68. The van der Waals surface area contributed by atoms with Crippen molar-refractivity contribution in [2.45, 2.75) is 25.3 Å². The molecule has 0 saturated carbocycles. The zero-order valence-corrected chi connectivity index (χ0v) is 12.4. The normalized spacial score (nSPS) is 12.8. The van der Waals surface area contributed by atoms with E-state index in [-0.39, 0.29) is 17.7 Å². The molecule has 19 heavy (non-hydrogen) atoms. The van der Waals surface area contributed by atoms with Crippen LogP contribution in [0.3, 0.4) is 0 Å². The number of alkyl halides is 1. The molecule has 1 unspecified atom stereocenters. The number of primary amides is 1. The van der Waals surface area contributed by atoms with Crippen LogP contribution in [0.15, 0.2) is 12.1 Å². The van der Waals surface area contributed by atoms with Gasteiger partial charge in [-0.2, -0.15) is 0 Å². The minimum absolute atomic E-state index is 0.211. The van der Waals surface area contributed by atoms with Gasteiger partial charge in [-0.3, -0.25) is 4.79 Å². The van der Waals surface area contributed by atoms with E-state index < -0.39 is 0 Å². The van der Waals surface area contributed by atoms with E-state index in [1.807, 2.05) is 11.5 Å². The van der Waals surface area contributed by atoms with Crippen molar-refractivity contribution in [3.63, 3.8) is 0 Å². The van der Waals surface area contributed by atoms with E-state index in [1.165, 1.54) is 0 Å². The zero-order valence-electron chi connectivity index (χ0n) is 10.2. The summed E-state index contributed by atoms with van der Waals surface area (Å²) >= 11 is 18.1. The Balaban J connectivity index is 2.58. The summed E-state index contributed by atoms with van der Waals surface area (Å²) in [7, 11) is 0. The van der Waals surface area contributed by atoms with Gasteiger partial charge < -0.3 is 10.3 Å². The molecule has 0 spiro atoms. The summed E-state index contributed by atoms with van der Waals surface area (Å²) in [4.78, 5) is 15.4. The molecule has 7 heteroatoms. The molecule has 0 saturated heterocycles. The second-order valence-electron chi connectivity index (χ2n) is 4.21. The molecule has 1 atom stereocenters. The molecule has 0 aliphatic rings. The summed E-state index contributed by atoms with van der Waals surface area (Å²) < 4.78 is 1.85. The van der Waals surface area contributed by atoms with Gasteiger partial charge in [0.1, 0.15) is 5.82 Å². The number of carbonyl (C=O) groups is 1. The Kier molecular flexibility index (Phi) is 4.23. The zero-order chi connectivity index (χ0) is 14.2. The number of amides is 1. The van der Waals surface area contributed by atoms with Crippen LogP contribution in [0.1, 0.15) is 24.5 Å². The number of carbonyl (C=O) groups excluding carboxylic acids is 1. The van der Waals surface area contributed by atoms with Gasteiger partial charge in [0.05, 0.1) is 26.5 Å². The Hall–Kier alpha value is -0.970. The molecule has 1 amide bonds. The fourth-order valence-corrected chi connectivity index (χ4v) is 2.38. The van der Waals surface area contributed by atoms with Crippen LogP contribution < -0.4 is 5.73 Å². The average molecular weight is 321 g/mol. The molecule has 0 aliphatic heterocycles. The molecule has 102 valence electrons. The van der Waals surface area contributed by atoms with Gasteiger partial charge in [0.15, 0.2) is 0 Å². The molecule has 0 bridgehead atoms. The number of hydrogen-bond donors (Lipinski definition) is 1. The number of nitrogens with zero attached hydrogens (tertiary/aromatic N) is 2. The van der Waals surface area contributed by atoms with Crippen LogP contribution in [0.25, 0.3) is 11.0 Å². The van der Waals surface area contributed by atoms with Crippen molar-refractivity contribution >= 4 is 51.7 Å². The van der Waals surface area contributed by atoms with E-state index in [1.54, 1.807) is 12.1 Å². The second kappa shape index (κ2) is 5.57. The van der Waals surface area contributed by atoms with Gasteiger partial charge in [0.25, 0.3) is 0 Å². The van der Waals surface area contributed by atoms with Gasteiger partial charge in [-0.1, -0.05) is 23.2 Å². The summed E-state index contributed by atoms with van der Waals surface area (Å²) in [5.74, 6) is 0.284. The monoisotopic (exact) mass is 319 g/mol. The van der Waals surface area contributed by atoms with Crippen molar-refractivity contribution < 1.29 is 4.79 Å². The van der Waals surface area contributed by atoms with E-state index in [9.17, 15) is 4.79 Å². The van der Waals surface area contributed by atoms with Crippen LogP contribution in [-0.2, 0) is 11.3 Å². The first-order chi connectivity index (χ1) is 8.90. The van der Waals surface area contributed by atoms with Gasteiger partial charge in [0, 0.05) is 13.0 Å². The van der Waals surface area contributed by atoms with E-state index in [0.29, 0.717) is 27.9 Å². The summed E-state index contributed by atoms with van der Waals surface area (Å²) in [6.07, 6.45) is 0.211. The molecule has 2 aromatic rings. The Labute approximate surface area is 125 Å². The predicted molar refractivity (Wildman–Crippen MR) is 77.8 cm³/mol. The first-order valence-corrected chi connectivity index (χ1v) is 6.87. The van der Waals surface area contributed by atoms with E-state index in [4.69, 9.17) is 40.5 Å². The van der Waals surface area contributed by atoms with Crippen LogP contribution >= 0.6 is 34.8 Å². The number of rotatable bonds is 4. The quantitative estimate of drug-likeness (QED) is 0.876. The fraction of sp³-hybridized carbons (Fsp3) is 0.333. The number of fused-ring (bicyclic) bond motifs is 1. The number of benzene rings is 1. The number of halogens is 3. The lowest BCUT2D eigenvalue weighted by atomic mass is 10.3. The molecule has 2 N–H and O–H groups in total. The lowest BCUT2D eigenvalue weighted by Gasteiger charge is -2.09. The van der Waals surface area contributed by atoms with Crippen LogP contribution in [0.5, 0.6) is 0 Å². The third-order valence-electron chi connectivity index (χ3n) is 2.76.